The van der Waals surface area contributed by atoms with Gasteiger partial charge in [0.25, 0.3) is 0 Å². The summed E-state index contributed by atoms with van der Waals surface area (Å²) in [5.74, 6) is 0.699. The quantitative estimate of drug-likeness (QED) is 0.772. The molecule has 0 aliphatic rings. The second-order valence-electron chi connectivity index (χ2n) is 3.83. The maximum absolute atomic E-state index is 13.5. The van der Waals surface area contributed by atoms with Crippen molar-refractivity contribution in [3.05, 3.63) is 35.8 Å². The van der Waals surface area contributed by atoms with Crippen molar-refractivity contribution in [2.75, 3.05) is 7.11 Å². The lowest BCUT2D eigenvalue weighted by Gasteiger charge is -1.87. The lowest BCUT2D eigenvalue weighted by atomic mass is 10.3. The summed E-state index contributed by atoms with van der Waals surface area (Å²) in [6.45, 7) is 0.335. The fourth-order valence-electron chi connectivity index (χ4n) is 1.75. The average Bonchev–Trinajstić information content (AvgIpc) is 2.96. The van der Waals surface area contributed by atoms with Crippen LogP contribution in [0.3, 0.4) is 0 Å². The molecule has 0 saturated heterocycles. The van der Waals surface area contributed by atoms with Crippen LogP contribution >= 0.6 is 0 Å². The van der Waals surface area contributed by atoms with Crippen LogP contribution in [0.4, 0.5) is 4.39 Å². The van der Waals surface area contributed by atoms with Crippen LogP contribution in [0.25, 0.3) is 22.6 Å². The van der Waals surface area contributed by atoms with Crippen LogP contribution < -0.4 is 0 Å². The Bertz CT molecular complexity index is 690. The van der Waals surface area contributed by atoms with Gasteiger partial charge in [0.2, 0.25) is 0 Å². The van der Waals surface area contributed by atoms with Gasteiger partial charge in [0.05, 0.1) is 5.52 Å². The third-order valence-electron chi connectivity index (χ3n) is 2.55. The van der Waals surface area contributed by atoms with E-state index >= 15 is 0 Å². The van der Waals surface area contributed by atoms with Gasteiger partial charge in [-0.1, -0.05) is 11.2 Å². The van der Waals surface area contributed by atoms with Crippen molar-refractivity contribution in [1.82, 2.24) is 15.1 Å². The molecule has 3 rings (SSSR count). The van der Waals surface area contributed by atoms with E-state index in [-0.39, 0.29) is 5.82 Å². The molecule has 0 fully saturated rings. The highest BCUT2D eigenvalue weighted by atomic mass is 19.1. The van der Waals surface area contributed by atoms with Gasteiger partial charge in [0.15, 0.2) is 17.4 Å². The Morgan fingerprint density at radius 2 is 2.33 bits per heavy atom. The maximum atomic E-state index is 13.5. The number of hydrogen-bond donors (Lipinski definition) is 1. The number of halogens is 1. The largest absolute Gasteiger partial charge is 0.377 e. The first-order valence-electron chi connectivity index (χ1n) is 5.37. The SMILES string of the molecule is COCc1cc(-c2nc3c(F)cccc3[nH]2)no1. The molecular weight excluding hydrogens is 237 g/mol. The van der Waals surface area contributed by atoms with Gasteiger partial charge in [-0.05, 0) is 12.1 Å². The summed E-state index contributed by atoms with van der Waals surface area (Å²) in [6, 6.07) is 6.45. The average molecular weight is 247 g/mol. The van der Waals surface area contributed by atoms with E-state index in [0.29, 0.717) is 34.9 Å². The molecule has 6 heteroatoms. The number of ether oxygens (including phenoxy) is 1. The number of hydrogen-bond acceptors (Lipinski definition) is 4. The molecule has 0 atom stereocenters. The van der Waals surface area contributed by atoms with Gasteiger partial charge in [0, 0.05) is 13.2 Å². The van der Waals surface area contributed by atoms with Crippen LogP contribution in [0.1, 0.15) is 5.76 Å². The number of benzene rings is 1. The zero-order valence-corrected chi connectivity index (χ0v) is 9.61. The fourth-order valence-corrected chi connectivity index (χ4v) is 1.75. The van der Waals surface area contributed by atoms with Crippen molar-refractivity contribution in [3.8, 4) is 11.5 Å². The normalized spacial score (nSPS) is 11.2. The molecular formula is C12H10FN3O2. The summed E-state index contributed by atoms with van der Waals surface area (Å²) in [4.78, 5) is 7.16. The van der Waals surface area contributed by atoms with Crippen LogP contribution in [-0.4, -0.2) is 22.2 Å². The molecule has 0 bridgehead atoms. The predicted molar refractivity (Wildman–Crippen MR) is 62.3 cm³/mol. The number of aromatic amines is 1. The Kier molecular flexibility index (Phi) is 2.56. The van der Waals surface area contributed by atoms with Gasteiger partial charge in [-0.2, -0.15) is 0 Å². The molecule has 0 amide bonds. The van der Waals surface area contributed by atoms with Gasteiger partial charge in [-0.15, -0.1) is 0 Å². The molecule has 2 aromatic heterocycles. The zero-order valence-electron chi connectivity index (χ0n) is 9.61. The molecule has 0 spiro atoms. The predicted octanol–water partition coefficient (Wildman–Crippen LogP) is 2.50. The Hall–Kier alpha value is -2.21. The van der Waals surface area contributed by atoms with Crippen molar-refractivity contribution in [2.24, 2.45) is 0 Å². The minimum absolute atomic E-state index is 0.295. The first-order valence-corrected chi connectivity index (χ1v) is 5.37. The molecule has 0 aliphatic carbocycles. The van der Waals surface area contributed by atoms with Crippen LogP contribution in [0.5, 0.6) is 0 Å². The Balaban J connectivity index is 2.05. The highest BCUT2D eigenvalue weighted by Gasteiger charge is 2.12. The van der Waals surface area contributed by atoms with Crippen molar-refractivity contribution < 1.29 is 13.7 Å². The van der Waals surface area contributed by atoms with Crippen molar-refractivity contribution in [1.29, 1.82) is 0 Å². The summed E-state index contributed by atoms with van der Waals surface area (Å²) in [7, 11) is 1.57. The van der Waals surface area contributed by atoms with E-state index < -0.39 is 0 Å². The summed E-state index contributed by atoms with van der Waals surface area (Å²) in [5, 5.41) is 3.86. The van der Waals surface area contributed by atoms with Crippen LogP contribution in [0, 0.1) is 5.82 Å². The first kappa shape index (κ1) is 10.9. The van der Waals surface area contributed by atoms with Crippen molar-refractivity contribution in [2.45, 2.75) is 6.61 Å². The number of rotatable bonds is 3. The third kappa shape index (κ3) is 1.76. The van der Waals surface area contributed by atoms with E-state index in [2.05, 4.69) is 15.1 Å². The molecule has 2 heterocycles. The van der Waals surface area contributed by atoms with E-state index in [1.807, 2.05) is 0 Å². The summed E-state index contributed by atoms with van der Waals surface area (Å²) >= 11 is 0. The Labute approximate surface area is 102 Å². The molecule has 5 nitrogen and oxygen atoms in total. The highest BCUT2D eigenvalue weighted by molar-refractivity contribution is 5.79. The molecule has 1 aromatic carbocycles. The number of para-hydroxylation sites is 1. The highest BCUT2D eigenvalue weighted by Crippen LogP contribution is 2.22. The number of H-pyrrole nitrogens is 1. The van der Waals surface area contributed by atoms with Gasteiger partial charge in [-0.3, -0.25) is 0 Å². The Morgan fingerprint density at radius 1 is 1.44 bits per heavy atom. The molecule has 18 heavy (non-hydrogen) atoms. The zero-order chi connectivity index (χ0) is 12.5. The third-order valence-corrected chi connectivity index (χ3v) is 2.55. The lowest BCUT2D eigenvalue weighted by molar-refractivity contribution is 0.156. The smallest absolute Gasteiger partial charge is 0.163 e. The second-order valence-corrected chi connectivity index (χ2v) is 3.83. The van der Waals surface area contributed by atoms with Gasteiger partial charge >= 0.3 is 0 Å². The number of fused-ring (bicyclic) bond motifs is 1. The standard InChI is InChI=1S/C12H10FN3O2/c1-17-6-7-5-10(16-18-7)12-14-9-4-2-3-8(13)11(9)15-12/h2-5H,6H2,1H3,(H,14,15). The first-order chi connectivity index (χ1) is 8.78. The minimum Gasteiger partial charge on any atom is -0.377 e. The number of nitrogens with one attached hydrogen (secondary N) is 1. The van der Waals surface area contributed by atoms with Gasteiger partial charge in [-0.25, -0.2) is 9.37 Å². The summed E-state index contributed by atoms with van der Waals surface area (Å²) in [5.41, 5.74) is 1.45. The van der Waals surface area contributed by atoms with Crippen molar-refractivity contribution >= 4 is 11.0 Å². The molecule has 92 valence electrons. The molecule has 0 aliphatic heterocycles. The second kappa shape index (κ2) is 4.23. The molecule has 3 aromatic rings. The minimum atomic E-state index is -0.365. The monoisotopic (exact) mass is 247 g/mol. The number of nitrogens with zero attached hydrogens (tertiary/aromatic N) is 2. The molecule has 0 radical (unpaired) electrons. The number of imidazole rings is 1. The fraction of sp³-hybridized carbons (Fsp3) is 0.167. The topological polar surface area (TPSA) is 63.9 Å². The number of aromatic nitrogens is 3. The lowest BCUT2D eigenvalue weighted by Crippen LogP contribution is -1.82. The van der Waals surface area contributed by atoms with Crippen molar-refractivity contribution in [3.63, 3.8) is 0 Å². The van der Waals surface area contributed by atoms with Crippen LogP contribution in [0.2, 0.25) is 0 Å². The maximum Gasteiger partial charge on any atom is 0.163 e. The molecule has 1 N–H and O–H groups in total. The van der Waals surface area contributed by atoms with E-state index in [4.69, 9.17) is 9.26 Å². The van der Waals surface area contributed by atoms with Gasteiger partial charge < -0.3 is 14.2 Å². The molecule has 0 saturated carbocycles. The van der Waals surface area contributed by atoms with E-state index in [1.165, 1.54) is 6.07 Å². The Morgan fingerprint density at radius 3 is 3.11 bits per heavy atom. The van der Waals surface area contributed by atoms with E-state index in [9.17, 15) is 4.39 Å². The molecule has 0 unspecified atom stereocenters. The van der Waals surface area contributed by atoms with Crippen LogP contribution in [-0.2, 0) is 11.3 Å². The van der Waals surface area contributed by atoms with E-state index in [1.54, 1.807) is 25.3 Å². The summed E-state index contributed by atoms with van der Waals surface area (Å²) in [6.07, 6.45) is 0. The van der Waals surface area contributed by atoms with Crippen LogP contribution in [0.15, 0.2) is 28.8 Å². The van der Waals surface area contributed by atoms with Gasteiger partial charge in [0.1, 0.15) is 17.8 Å². The van der Waals surface area contributed by atoms with E-state index in [0.717, 1.165) is 0 Å². The summed E-state index contributed by atoms with van der Waals surface area (Å²) < 4.78 is 23.5. The number of methoxy groups -OCH3 is 1.